The molecule has 2 aliphatic heterocycles. The SMILES string of the molecule is CCOC(=O)CC(=O)C1CCN(C(=O)O)C(CN2CCCC2C(F)(F)F)C1. The first-order valence-electron chi connectivity index (χ1n) is 9.12. The monoisotopic (exact) mass is 394 g/mol. The molecule has 0 spiro atoms. The lowest BCUT2D eigenvalue weighted by atomic mass is 9.86. The van der Waals surface area contributed by atoms with Gasteiger partial charge in [0.25, 0.3) is 0 Å². The first-order chi connectivity index (χ1) is 12.6. The van der Waals surface area contributed by atoms with E-state index in [1.165, 1.54) is 4.90 Å². The van der Waals surface area contributed by atoms with Gasteiger partial charge in [0.2, 0.25) is 0 Å². The van der Waals surface area contributed by atoms with Crippen LogP contribution >= 0.6 is 0 Å². The van der Waals surface area contributed by atoms with Crippen LogP contribution in [-0.2, 0) is 14.3 Å². The standard InChI is InChI=1S/C17H25F3N2O5/c1-2-27-15(24)9-13(23)11-5-7-22(16(25)26)12(8-11)10-21-6-3-4-14(21)17(18,19)20/h11-12,14H,2-10H2,1H3,(H,25,26). The third-order valence-electron chi connectivity index (χ3n) is 5.23. The van der Waals surface area contributed by atoms with Crippen molar-refractivity contribution in [1.29, 1.82) is 0 Å². The van der Waals surface area contributed by atoms with E-state index in [4.69, 9.17) is 4.74 Å². The first-order valence-corrected chi connectivity index (χ1v) is 9.12. The lowest BCUT2D eigenvalue weighted by molar-refractivity contribution is -0.177. The molecule has 27 heavy (non-hydrogen) atoms. The number of Topliss-reactive ketones (excluding diaryl/α,β-unsaturated/α-hetero) is 1. The van der Waals surface area contributed by atoms with Crippen molar-refractivity contribution in [3.05, 3.63) is 0 Å². The van der Waals surface area contributed by atoms with E-state index in [1.54, 1.807) is 6.92 Å². The van der Waals surface area contributed by atoms with Crippen LogP contribution in [0.5, 0.6) is 0 Å². The largest absolute Gasteiger partial charge is 0.466 e. The summed E-state index contributed by atoms with van der Waals surface area (Å²) in [5, 5.41) is 9.37. The van der Waals surface area contributed by atoms with Gasteiger partial charge in [0, 0.05) is 25.0 Å². The number of nitrogens with zero attached hydrogens (tertiary/aromatic N) is 2. The normalized spacial score (nSPS) is 26.8. The molecule has 0 bridgehead atoms. The number of likely N-dealkylation sites (tertiary alicyclic amines) is 2. The number of hydrogen-bond donors (Lipinski definition) is 1. The molecular formula is C17H25F3N2O5. The number of ether oxygens (including phenoxy) is 1. The third kappa shape index (κ3) is 5.57. The second-order valence-corrected chi connectivity index (χ2v) is 6.99. The second-order valence-electron chi connectivity index (χ2n) is 6.99. The van der Waals surface area contributed by atoms with Crippen LogP contribution in [-0.4, -0.2) is 77.3 Å². The van der Waals surface area contributed by atoms with Gasteiger partial charge < -0.3 is 14.7 Å². The van der Waals surface area contributed by atoms with Crippen LogP contribution in [0.1, 0.15) is 39.0 Å². The summed E-state index contributed by atoms with van der Waals surface area (Å²) < 4.78 is 44.2. The molecule has 0 radical (unpaired) electrons. The second kappa shape index (κ2) is 8.90. The summed E-state index contributed by atoms with van der Waals surface area (Å²) in [5.74, 6) is -1.55. The van der Waals surface area contributed by atoms with E-state index in [0.717, 1.165) is 4.90 Å². The number of piperidine rings is 1. The molecule has 10 heteroatoms. The number of amides is 1. The summed E-state index contributed by atoms with van der Waals surface area (Å²) in [6, 6.07) is -2.29. The van der Waals surface area contributed by atoms with Crippen LogP contribution in [0, 0.1) is 5.92 Å². The van der Waals surface area contributed by atoms with Crippen LogP contribution in [0.25, 0.3) is 0 Å². The maximum absolute atomic E-state index is 13.2. The van der Waals surface area contributed by atoms with E-state index < -0.39 is 42.7 Å². The molecule has 154 valence electrons. The van der Waals surface area contributed by atoms with Gasteiger partial charge in [-0.05, 0) is 39.2 Å². The molecule has 3 unspecified atom stereocenters. The number of carboxylic acid groups (broad SMARTS) is 1. The highest BCUT2D eigenvalue weighted by Crippen LogP contribution is 2.34. The molecule has 3 atom stereocenters. The Bertz CT molecular complexity index is 569. The number of halogens is 3. The lowest BCUT2D eigenvalue weighted by Gasteiger charge is -2.40. The Kier molecular flexibility index (Phi) is 7.07. The van der Waals surface area contributed by atoms with Gasteiger partial charge in [-0.3, -0.25) is 14.5 Å². The molecule has 1 amide bonds. The summed E-state index contributed by atoms with van der Waals surface area (Å²) in [6.07, 6.45) is -5.20. The van der Waals surface area contributed by atoms with Crippen molar-refractivity contribution < 1.29 is 37.4 Å². The molecule has 7 nitrogen and oxygen atoms in total. The Hall–Kier alpha value is -1.84. The maximum atomic E-state index is 13.2. The Balaban J connectivity index is 2.05. The van der Waals surface area contributed by atoms with E-state index in [1.807, 2.05) is 0 Å². The Morgan fingerprint density at radius 3 is 2.48 bits per heavy atom. The molecule has 0 aromatic carbocycles. The molecule has 2 rings (SSSR count). The average Bonchev–Trinajstić information content (AvgIpc) is 3.03. The van der Waals surface area contributed by atoms with Gasteiger partial charge in [-0.1, -0.05) is 0 Å². The summed E-state index contributed by atoms with van der Waals surface area (Å²) in [5.41, 5.74) is 0. The molecular weight excluding hydrogens is 369 g/mol. The van der Waals surface area contributed by atoms with Crippen molar-refractivity contribution in [2.45, 2.75) is 57.3 Å². The minimum Gasteiger partial charge on any atom is -0.466 e. The number of carbonyl (C=O) groups is 3. The van der Waals surface area contributed by atoms with Gasteiger partial charge >= 0.3 is 18.2 Å². The molecule has 0 aromatic heterocycles. The van der Waals surface area contributed by atoms with Crippen LogP contribution < -0.4 is 0 Å². The van der Waals surface area contributed by atoms with Crippen LogP contribution in [0.2, 0.25) is 0 Å². The number of ketones is 1. The van der Waals surface area contributed by atoms with E-state index in [0.29, 0.717) is 6.42 Å². The van der Waals surface area contributed by atoms with E-state index in [-0.39, 0.29) is 51.3 Å². The van der Waals surface area contributed by atoms with E-state index in [9.17, 15) is 32.7 Å². The van der Waals surface area contributed by atoms with E-state index >= 15 is 0 Å². The number of alkyl halides is 3. The number of rotatable bonds is 6. The summed E-state index contributed by atoms with van der Waals surface area (Å²) in [7, 11) is 0. The maximum Gasteiger partial charge on any atom is 0.407 e. The highest BCUT2D eigenvalue weighted by molar-refractivity contribution is 5.96. The highest BCUT2D eigenvalue weighted by atomic mass is 19.4. The van der Waals surface area contributed by atoms with Crippen molar-refractivity contribution in [1.82, 2.24) is 9.80 Å². The smallest absolute Gasteiger partial charge is 0.407 e. The fraction of sp³-hybridized carbons (Fsp3) is 0.824. The van der Waals surface area contributed by atoms with Gasteiger partial charge in [0.1, 0.15) is 18.2 Å². The number of hydrogen-bond acceptors (Lipinski definition) is 5. The summed E-state index contributed by atoms with van der Waals surface area (Å²) >= 11 is 0. The Morgan fingerprint density at radius 2 is 1.89 bits per heavy atom. The first kappa shape index (κ1) is 21.5. The van der Waals surface area contributed by atoms with Crippen molar-refractivity contribution in [2.75, 3.05) is 26.2 Å². The molecule has 0 saturated carbocycles. The Morgan fingerprint density at radius 1 is 1.19 bits per heavy atom. The van der Waals surface area contributed by atoms with Gasteiger partial charge in [-0.15, -0.1) is 0 Å². The molecule has 2 saturated heterocycles. The quantitative estimate of drug-likeness (QED) is 0.550. The molecule has 0 aliphatic carbocycles. The number of carbonyl (C=O) groups excluding carboxylic acids is 2. The number of esters is 1. The van der Waals surface area contributed by atoms with Crippen LogP contribution in [0.15, 0.2) is 0 Å². The van der Waals surface area contributed by atoms with Gasteiger partial charge in [0.05, 0.1) is 6.61 Å². The molecule has 2 fully saturated rings. The van der Waals surface area contributed by atoms with Crippen LogP contribution in [0.3, 0.4) is 0 Å². The third-order valence-corrected chi connectivity index (χ3v) is 5.23. The molecule has 1 N–H and O–H groups in total. The zero-order chi connectivity index (χ0) is 20.2. The predicted molar refractivity (Wildman–Crippen MR) is 88.1 cm³/mol. The minimum absolute atomic E-state index is 0.00545. The van der Waals surface area contributed by atoms with Gasteiger partial charge in [-0.2, -0.15) is 13.2 Å². The van der Waals surface area contributed by atoms with Crippen molar-refractivity contribution in [3.63, 3.8) is 0 Å². The molecule has 2 aliphatic rings. The zero-order valence-electron chi connectivity index (χ0n) is 15.2. The lowest BCUT2D eigenvalue weighted by Crippen LogP contribution is -2.54. The Labute approximate surface area is 155 Å². The van der Waals surface area contributed by atoms with Crippen molar-refractivity contribution >= 4 is 17.8 Å². The fourth-order valence-electron chi connectivity index (χ4n) is 3.95. The highest BCUT2D eigenvalue weighted by Gasteiger charge is 2.47. The van der Waals surface area contributed by atoms with Crippen molar-refractivity contribution in [2.24, 2.45) is 5.92 Å². The summed E-state index contributed by atoms with van der Waals surface area (Å²) in [6.45, 7) is 2.01. The average molecular weight is 394 g/mol. The zero-order valence-corrected chi connectivity index (χ0v) is 15.2. The summed E-state index contributed by atoms with van der Waals surface area (Å²) in [4.78, 5) is 37.7. The van der Waals surface area contributed by atoms with Crippen molar-refractivity contribution in [3.8, 4) is 0 Å². The fourth-order valence-corrected chi connectivity index (χ4v) is 3.95. The van der Waals surface area contributed by atoms with E-state index in [2.05, 4.69) is 0 Å². The topological polar surface area (TPSA) is 87.2 Å². The van der Waals surface area contributed by atoms with Gasteiger partial charge in [-0.25, -0.2) is 4.79 Å². The van der Waals surface area contributed by atoms with Crippen LogP contribution in [0.4, 0.5) is 18.0 Å². The predicted octanol–water partition coefficient (Wildman–Crippen LogP) is 2.29. The molecule has 2 heterocycles. The minimum atomic E-state index is -4.36. The molecule has 0 aromatic rings. The van der Waals surface area contributed by atoms with Gasteiger partial charge in [0.15, 0.2) is 0 Å².